The number of hydrogen-bond donors (Lipinski definition) is 2. The molecule has 1 aliphatic rings. The minimum Gasteiger partial charge on any atom is -0.497 e. The lowest BCUT2D eigenvalue weighted by Crippen LogP contribution is -2.58. The first-order valence-electron chi connectivity index (χ1n) is 7.29. The highest BCUT2D eigenvalue weighted by atomic mass is 32.1. The Bertz CT molecular complexity index is 525. The van der Waals surface area contributed by atoms with E-state index in [1.54, 1.807) is 7.11 Å². The maximum atomic E-state index is 12.3. The summed E-state index contributed by atoms with van der Waals surface area (Å²) in [6.07, 6.45) is 5.27. The maximum absolute atomic E-state index is 12.3. The SMILES string of the molecule is COc1cccc(CC(=O)NC2(C(N)=S)CCCCC2)c1. The van der Waals surface area contributed by atoms with Gasteiger partial charge in [-0.15, -0.1) is 0 Å². The van der Waals surface area contributed by atoms with Crippen LogP contribution in [0.4, 0.5) is 0 Å². The van der Waals surface area contributed by atoms with Crippen LogP contribution in [0.3, 0.4) is 0 Å². The zero-order valence-electron chi connectivity index (χ0n) is 12.4. The summed E-state index contributed by atoms with van der Waals surface area (Å²) < 4.78 is 5.17. The summed E-state index contributed by atoms with van der Waals surface area (Å²) in [6, 6.07) is 7.52. The van der Waals surface area contributed by atoms with Gasteiger partial charge < -0.3 is 15.8 Å². The van der Waals surface area contributed by atoms with Gasteiger partial charge in [0, 0.05) is 0 Å². The lowest BCUT2D eigenvalue weighted by atomic mass is 9.81. The molecule has 1 aromatic rings. The van der Waals surface area contributed by atoms with Gasteiger partial charge in [0.15, 0.2) is 0 Å². The Morgan fingerprint density at radius 2 is 2.10 bits per heavy atom. The summed E-state index contributed by atoms with van der Waals surface area (Å²) in [4.78, 5) is 12.7. The molecule has 5 heteroatoms. The Morgan fingerprint density at radius 3 is 2.71 bits per heavy atom. The monoisotopic (exact) mass is 306 g/mol. The molecule has 1 aromatic carbocycles. The molecule has 1 amide bonds. The number of carbonyl (C=O) groups is 1. The highest BCUT2D eigenvalue weighted by molar-refractivity contribution is 7.80. The fourth-order valence-corrected chi connectivity index (χ4v) is 3.12. The fraction of sp³-hybridized carbons (Fsp3) is 0.500. The van der Waals surface area contributed by atoms with Crippen LogP contribution in [0.1, 0.15) is 37.7 Å². The molecule has 1 saturated carbocycles. The minimum atomic E-state index is -0.496. The summed E-state index contributed by atoms with van der Waals surface area (Å²) >= 11 is 5.19. The zero-order valence-corrected chi connectivity index (χ0v) is 13.2. The van der Waals surface area contributed by atoms with E-state index in [-0.39, 0.29) is 5.91 Å². The Labute approximate surface area is 131 Å². The predicted octanol–water partition coefficient (Wildman–Crippen LogP) is 2.34. The van der Waals surface area contributed by atoms with Crippen LogP contribution in [0.2, 0.25) is 0 Å². The molecule has 0 saturated heterocycles. The molecule has 0 bridgehead atoms. The van der Waals surface area contributed by atoms with Gasteiger partial charge in [0.25, 0.3) is 0 Å². The molecule has 0 heterocycles. The number of nitrogens with two attached hydrogens (primary N) is 1. The average molecular weight is 306 g/mol. The topological polar surface area (TPSA) is 64.3 Å². The van der Waals surface area contributed by atoms with Gasteiger partial charge >= 0.3 is 0 Å². The van der Waals surface area contributed by atoms with Crippen molar-refractivity contribution in [3.63, 3.8) is 0 Å². The number of methoxy groups -OCH3 is 1. The van der Waals surface area contributed by atoms with Gasteiger partial charge in [-0.1, -0.05) is 43.6 Å². The van der Waals surface area contributed by atoms with Crippen molar-refractivity contribution in [2.75, 3.05) is 7.11 Å². The summed E-state index contributed by atoms with van der Waals surface area (Å²) in [6.45, 7) is 0. The molecule has 0 spiro atoms. The lowest BCUT2D eigenvalue weighted by molar-refractivity contribution is -0.121. The highest BCUT2D eigenvalue weighted by Gasteiger charge is 2.36. The largest absolute Gasteiger partial charge is 0.497 e. The number of thiocarbonyl (C=S) groups is 1. The van der Waals surface area contributed by atoms with Crippen LogP contribution in [0.15, 0.2) is 24.3 Å². The van der Waals surface area contributed by atoms with Crippen molar-refractivity contribution in [3.05, 3.63) is 29.8 Å². The Kier molecular flexibility index (Phi) is 5.17. The standard InChI is InChI=1S/C16H22N2O2S/c1-20-13-7-5-6-12(10-13)11-14(19)18-16(15(17)21)8-3-2-4-9-16/h5-7,10H,2-4,8-9,11H2,1H3,(H2,17,21)(H,18,19). The van der Waals surface area contributed by atoms with Crippen LogP contribution in [0.5, 0.6) is 5.75 Å². The molecule has 1 fully saturated rings. The van der Waals surface area contributed by atoms with Crippen molar-refractivity contribution < 1.29 is 9.53 Å². The Morgan fingerprint density at radius 1 is 1.38 bits per heavy atom. The summed E-state index contributed by atoms with van der Waals surface area (Å²) in [7, 11) is 1.61. The van der Waals surface area contributed by atoms with E-state index < -0.39 is 5.54 Å². The van der Waals surface area contributed by atoms with E-state index >= 15 is 0 Å². The molecular weight excluding hydrogens is 284 g/mol. The van der Waals surface area contributed by atoms with Crippen LogP contribution in [-0.4, -0.2) is 23.5 Å². The second-order valence-electron chi connectivity index (χ2n) is 5.58. The highest BCUT2D eigenvalue weighted by Crippen LogP contribution is 2.28. The molecule has 1 aliphatic carbocycles. The van der Waals surface area contributed by atoms with Crippen LogP contribution in [0, 0.1) is 0 Å². The summed E-state index contributed by atoms with van der Waals surface area (Å²) in [5.74, 6) is 0.708. The van der Waals surface area contributed by atoms with Gasteiger partial charge in [-0.05, 0) is 30.5 Å². The number of ether oxygens (including phenoxy) is 1. The second kappa shape index (κ2) is 6.89. The molecule has 0 radical (unpaired) electrons. The normalized spacial score (nSPS) is 17.0. The molecule has 21 heavy (non-hydrogen) atoms. The second-order valence-corrected chi connectivity index (χ2v) is 6.02. The average Bonchev–Trinajstić information content (AvgIpc) is 2.48. The van der Waals surface area contributed by atoms with Crippen LogP contribution < -0.4 is 15.8 Å². The maximum Gasteiger partial charge on any atom is 0.225 e. The number of rotatable bonds is 5. The first-order valence-corrected chi connectivity index (χ1v) is 7.70. The third kappa shape index (κ3) is 3.94. The van der Waals surface area contributed by atoms with Crippen LogP contribution in [-0.2, 0) is 11.2 Å². The Balaban J connectivity index is 2.03. The van der Waals surface area contributed by atoms with Crippen LogP contribution >= 0.6 is 12.2 Å². The van der Waals surface area contributed by atoms with E-state index in [2.05, 4.69) is 5.32 Å². The lowest BCUT2D eigenvalue weighted by Gasteiger charge is -2.37. The quantitative estimate of drug-likeness (QED) is 0.820. The van der Waals surface area contributed by atoms with E-state index in [4.69, 9.17) is 22.7 Å². The predicted molar refractivity (Wildman–Crippen MR) is 87.4 cm³/mol. The third-order valence-corrected chi connectivity index (χ3v) is 4.45. The molecule has 0 aromatic heterocycles. The number of amides is 1. The van der Waals surface area contributed by atoms with Crippen molar-refractivity contribution in [2.45, 2.75) is 44.1 Å². The van der Waals surface area contributed by atoms with Gasteiger partial charge in [-0.3, -0.25) is 4.79 Å². The van der Waals surface area contributed by atoms with Crippen molar-refractivity contribution in [2.24, 2.45) is 5.73 Å². The van der Waals surface area contributed by atoms with E-state index in [1.165, 1.54) is 6.42 Å². The third-order valence-electron chi connectivity index (χ3n) is 4.06. The fourth-order valence-electron chi connectivity index (χ4n) is 2.87. The van der Waals surface area contributed by atoms with Crippen molar-refractivity contribution in [1.29, 1.82) is 0 Å². The van der Waals surface area contributed by atoms with Gasteiger partial charge in [0.05, 0.1) is 24.1 Å². The molecular formula is C16H22N2O2S. The Hall–Kier alpha value is -1.62. The van der Waals surface area contributed by atoms with E-state index in [1.807, 2.05) is 24.3 Å². The smallest absolute Gasteiger partial charge is 0.225 e. The van der Waals surface area contributed by atoms with E-state index in [0.717, 1.165) is 37.0 Å². The first kappa shape index (κ1) is 15.8. The molecule has 114 valence electrons. The van der Waals surface area contributed by atoms with E-state index in [0.29, 0.717) is 11.4 Å². The van der Waals surface area contributed by atoms with Crippen LogP contribution in [0.25, 0.3) is 0 Å². The van der Waals surface area contributed by atoms with Gasteiger partial charge in [-0.2, -0.15) is 0 Å². The minimum absolute atomic E-state index is 0.0436. The first-order chi connectivity index (χ1) is 10.1. The van der Waals surface area contributed by atoms with Crippen molar-refractivity contribution in [1.82, 2.24) is 5.32 Å². The van der Waals surface area contributed by atoms with Crippen molar-refractivity contribution in [3.8, 4) is 5.75 Å². The number of benzene rings is 1. The summed E-state index contributed by atoms with van der Waals surface area (Å²) in [5.41, 5.74) is 6.31. The van der Waals surface area contributed by atoms with Crippen molar-refractivity contribution >= 4 is 23.1 Å². The molecule has 0 aliphatic heterocycles. The zero-order chi connectivity index (χ0) is 15.3. The van der Waals surface area contributed by atoms with Gasteiger partial charge in [0.1, 0.15) is 5.75 Å². The molecule has 4 nitrogen and oxygen atoms in total. The molecule has 2 rings (SSSR count). The number of carbonyl (C=O) groups excluding carboxylic acids is 1. The van der Waals surface area contributed by atoms with Gasteiger partial charge in [0.2, 0.25) is 5.91 Å². The molecule has 0 atom stereocenters. The number of nitrogens with one attached hydrogen (secondary N) is 1. The van der Waals surface area contributed by atoms with Gasteiger partial charge in [-0.25, -0.2) is 0 Å². The molecule has 3 N–H and O–H groups in total. The molecule has 0 unspecified atom stereocenters. The number of hydrogen-bond acceptors (Lipinski definition) is 3. The van der Waals surface area contributed by atoms with E-state index in [9.17, 15) is 4.79 Å². The summed E-state index contributed by atoms with van der Waals surface area (Å²) in [5, 5.41) is 3.07.